The molecule has 0 bridgehead atoms. The van der Waals surface area contributed by atoms with E-state index in [-0.39, 0.29) is 10.4 Å². The molecule has 0 amide bonds. The van der Waals surface area contributed by atoms with Gasteiger partial charge in [0.25, 0.3) is 0 Å². The fourth-order valence-corrected chi connectivity index (χ4v) is 2.62. The van der Waals surface area contributed by atoms with Gasteiger partial charge in [-0.3, -0.25) is 0 Å². The van der Waals surface area contributed by atoms with Crippen LogP contribution in [0.4, 0.5) is 0 Å². The summed E-state index contributed by atoms with van der Waals surface area (Å²) in [4.78, 5) is 0. The van der Waals surface area contributed by atoms with E-state index in [1.54, 1.807) is 18.2 Å². The fourth-order valence-electron chi connectivity index (χ4n) is 1.72. The van der Waals surface area contributed by atoms with Crippen molar-refractivity contribution in [1.82, 2.24) is 0 Å². The first kappa shape index (κ1) is 12.7. The summed E-state index contributed by atoms with van der Waals surface area (Å²) in [6, 6.07) is 5.01. The lowest BCUT2D eigenvalue weighted by Crippen LogP contribution is -2.26. The van der Waals surface area contributed by atoms with Gasteiger partial charge >= 0.3 is 10.1 Å². The zero-order valence-electron chi connectivity index (χ0n) is 9.73. The van der Waals surface area contributed by atoms with E-state index in [9.17, 15) is 8.42 Å². The molecule has 1 aromatic rings. The summed E-state index contributed by atoms with van der Waals surface area (Å²) >= 11 is 3.45. The van der Waals surface area contributed by atoms with E-state index in [2.05, 4.69) is 15.9 Å². The molecule has 1 atom stereocenters. The Bertz CT molecular complexity index is 551. The van der Waals surface area contributed by atoms with Gasteiger partial charge in [-0.05, 0) is 34.1 Å². The molecule has 0 spiro atoms. The van der Waals surface area contributed by atoms with Crippen molar-refractivity contribution in [3.05, 3.63) is 23.8 Å². The highest BCUT2D eigenvalue weighted by molar-refractivity contribution is 9.09. The molecule has 0 fully saturated rings. The maximum absolute atomic E-state index is 11.1. The molecule has 1 aromatic carbocycles. The third kappa shape index (κ3) is 2.42. The fraction of sp³-hybridized carbons (Fsp3) is 0.455. The van der Waals surface area contributed by atoms with Gasteiger partial charge in [0, 0.05) is 11.0 Å². The summed E-state index contributed by atoms with van der Waals surface area (Å²) < 4.78 is 32.6. The van der Waals surface area contributed by atoms with Gasteiger partial charge in [-0.1, -0.05) is 13.8 Å². The van der Waals surface area contributed by atoms with E-state index in [4.69, 9.17) is 8.92 Å². The summed E-state index contributed by atoms with van der Waals surface area (Å²) in [5.41, 5.74) is 0.701. The van der Waals surface area contributed by atoms with Gasteiger partial charge in [0.15, 0.2) is 5.01 Å². The van der Waals surface area contributed by atoms with Crippen molar-refractivity contribution in [2.45, 2.75) is 24.3 Å². The highest BCUT2D eigenvalue weighted by Crippen LogP contribution is 2.46. The van der Waals surface area contributed by atoms with Crippen LogP contribution in [0.5, 0.6) is 11.5 Å². The molecular formula is C11H13BrO4S. The predicted octanol–water partition coefficient (Wildman–Crippen LogP) is 2.42. The molecule has 17 heavy (non-hydrogen) atoms. The van der Waals surface area contributed by atoms with Gasteiger partial charge in [-0.25, -0.2) is 0 Å². The van der Waals surface area contributed by atoms with Crippen molar-refractivity contribution in [3.63, 3.8) is 0 Å². The van der Waals surface area contributed by atoms with Crippen LogP contribution in [-0.4, -0.2) is 19.7 Å². The molecule has 0 saturated carbocycles. The number of ether oxygens (including phenoxy) is 1. The monoisotopic (exact) mass is 320 g/mol. The van der Waals surface area contributed by atoms with Crippen LogP contribution in [0.15, 0.2) is 18.2 Å². The Morgan fingerprint density at radius 2 is 2.06 bits per heavy atom. The molecule has 4 nitrogen and oxygen atoms in total. The zero-order valence-corrected chi connectivity index (χ0v) is 12.1. The Hall–Kier alpha value is -0.750. The topological polar surface area (TPSA) is 52.6 Å². The van der Waals surface area contributed by atoms with E-state index >= 15 is 0 Å². The third-order valence-electron chi connectivity index (χ3n) is 2.69. The number of halogens is 1. The van der Waals surface area contributed by atoms with Gasteiger partial charge in [0.05, 0.1) is 6.26 Å². The average molecular weight is 321 g/mol. The van der Waals surface area contributed by atoms with Gasteiger partial charge in [-0.2, -0.15) is 8.42 Å². The number of hydrogen-bond donors (Lipinski definition) is 0. The van der Waals surface area contributed by atoms with Crippen LogP contribution in [0.2, 0.25) is 0 Å². The van der Waals surface area contributed by atoms with Crippen LogP contribution in [0, 0.1) is 0 Å². The predicted molar refractivity (Wildman–Crippen MR) is 68.3 cm³/mol. The highest BCUT2D eigenvalue weighted by atomic mass is 79.9. The van der Waals surface area contributed by atoms with Crippen LogP contribution in [0.25, 0.3) is 0 Å². The first-order chi connectivity index (χ1) is 7.70. The molecule has 94 valence electrons. The van der Waals surface area contributed by atoms with Gasteiger partial charge in [0.1, 0.15) is 11.5 Å². The largest absolute Gasteiger partial charge is 0.478 e. The number of benzene rings is 1. The second-order valence-corrected chi connectivity index (χ2v) is 7.01. The highest BCUT2D eigenvalue weighted by Gasteiger charge is 2.40. The summed E-state index contributed by atoms with van der Waals surface area (Å²) in [6.45, 7) is 4.03. The lowest BCUT2D eigenvalue weighted by molar-refractivity contribution is 0.262. The SMILES string of the molecule is CC1(C)c2cc(OS(C)(=O)=O)ccc2OC1Br. The van der Waals surface area contributed by atoms with Crippen molar-refractivity contribution >= 4 is 26.0 Å². The molecular weight excluding hydrogens is 308 g/mol. The Balaban J connectivity index is 2.42. The molecule has 0 aromatic heterocycles. The minimum Gasteiger partial charge on any atom is -0.478 e. The maximum atomic E-state index is 11.1. The van der Waals surface area contributed by atoms with Crippen LogP contribution < -0.4 is 8.92 Å². The Morgan fingerprint density at radius 3 is 2.65 bits per heavy atom. The molecule has 0 radical (unpaired) electrons. The lowest BCUT2D eigenvalue weighted by Gasteiger charge is -2.20. The van der Waals surface area contributed by atoms with Crippen LogP contribution in [0.1, 0.15) is 19.4 Å². The Kier molecular flexibility index (Phi) is 2.90. The smallest absolute Gasteiger partial charge is 0.306 e. The summed E-state index contributed by atoms with van der Waals surface area (Å²) in [6.07, 6.45) is 1.02. The quantitative estimate of drug-likeness (QED) is 0.620. The molecule has 0 N–H and O–H groups in total. The molecule has 0 aliphatic carbocycles. The minimum absolute atomic E-state index is 0.126. The minimum atomic E-state index is -3.50. The summed E-state index contributed by atoms with van der Waals surface area (Å²) in [7, 11) is -3.50. The van der Waals surface area contributed by atoms with Crippen molar-refractivity contribution in [2.75, 3.05) is 6.26 Å². The molecule has 1 aliphatic rings. The van der Waals surface area contributed by atoms with Gasteiger partial charge in [-0.15, -0.1) is 0 Å². The molecule has 0 saturated heterocycles. The summed E-state index contributed by atoms with van der Waals surface area (Å²) in [5, 5.41) is -0.126. The van der Waals surface area contributed by atoms with E-state index in [1.807, 2.05) is 13.8 Å². The average Bonchev–Trinajstić information content (AvgIpc) is 2.37. The Morgan fingerprint density at radius 1 is 1.41 bits per heavy atom. The van der Waals surface area contributed by atoms with Crippen molar-refractivity contribution in [2.24, 2.45) is 0 Å². The Labute approximate surface area is 109 Å². The first-order valence-corrected chi connectivity index (χ1v) is 7.78. The number of hydrogen-bond acceptors (Lipinski definition) is 4. The maximum Gasteiger partial charge on any atom is 0.306 e. The third-order valence-corrected chi connectivity index (χ3v) is 4.52. The van der Waals surface area contributed by atoms with Gasteiger partial charge in [0.2, 0.25) is 0 Å². The van der Waals surface area contributed by atoms with Crippen molar-refractivity contribution < 1.29 is 17.3 Å². The second kappa shape index (κ2) is 3.88. The summed E-state index contributed by atoms with van der Waals surface area (Å²) in [5.74, 6) is 1.06. The molecule has 1 aliphatic heterocycles. The van der Waals surface area contributed by atoms with Gasteiger partial charge < -0.3 is 8.92 Å². The van der Waals surface area contributed by atoms with Crippen LogP contribution in [0.3, 0.4) is 0 Å². The number of fused-ring (bicyclic) bond motifs is 1. The zero-order chi connectivity index (χ0) is 12.8. The van der Waals surface area contributed by atoms with E-state index in [0.29, 0.717) is 5.75 Å². The van der Waals surface area contributed by atoms with E-state index in [0.717, 1.165) is 17.6 Å². The molecule has 2 rings (SSSR count). The molecule has 1 unspecified atom stereocenters. The lowest BCUT2D eigenvalue weighted by atomic mass is 9.87. The molecule has 6 heteroatoms. The molecule has 1 heterocycles. The number of alkyl halides is 1. The van der Waals surface area contributed by atoms with Crippen molar-refractivity contribution in [1.29, 1.82) is 0 Å². The first-order valence-electron chi connectivity index (χ1n) is 5.05. The van der Waals surface area contributed by atoms with Crippen LogP contribution >= 0.6 is 15.9 Å². The van der Waals surface area contributed by atoms with E-state index < -0.39 is 10.1 Å². The number of rotatable bonds is 2. The van der Waals surface area contributed by atoms with Crippen LogP contribution in [-0.2, 0) is 15.5 Å². The normalized spacial score (nSPS) is 21.8. The standard InChI is InChI=1S/C11H13BrO4S/c1-11(2)8-6-7(16-17(3,13)14)4-5-9(8)15-10(11)12/h4-6,10H,1-3H3. The second-order valence-electron chi connectivity index (χ2n) is 4.60. The van der Waals surface area contributed by atoms with Crippen molar-refractivity contribution in [3.8, 4) is 11.5 Å². The van der Waals surface area contributed by atoms with E-state index in [1.165, 1.54) is 0 Å².